The van der Waals surface area contributed by atoms with Crippen molar-refractivity contribution in [2.75, 3.05) is 6.54 Å². The van der Waals surface area contributed by atoms with Crippen LogP contribution in [-0.4, -0.2) is 6.54 Å². The second-order valence-electron chi connectivity index (χ2n) is 4.08. The van der Waals surface area contributed by atoms with Crippen LogP contribution >= 0.6 is 11.3 Å². The summed E-state index contributed by atoms with van der Waals surface area (Å²) in [5.41, 5.74) is 1.19. The van der Waals surface area contributed by atoms with Crippen LogP contribution in [0.2, 0.25) is 0 Å². The Kier molecular flexibility index (Phi) is 4.36. The van der Waals surface area contributed by atoms with Gasteiger partial charge in [0.15, 0.2) is 0 Å². The normalized spacial score (nSPS) is 13.1. The average molecular weight is 209 g/mol. The molecule has 0 saturated heterocycles. The lowest BCUT2D eigenvalue weighted by atomic mass is 10.0. The molecular formula is C12H19NS. The third-order valence-electron chi connectivity index (χ3n) is 2.14. The number of hydrogen-bond acceptors (Lipinski definition) is 2. The van der Waals surface area contributed by atoms with Crippen molar-refractivity contribution in [1.29, 1.82) is 0 Å². The van der Waals surface area contributed by atoms with Crippen LogP contribution in [0.4, 0.5) is 0 Å². The van der Waals surface area contributed by atoms with E-state index in [9.17, 15) is 0 Å². The smallest absolute Gasteiger partial charge is 0.0440 e. The fourth-order valence-electron chi connectivity index (χ4n) is 1.42. The first-order valence-corrected chi connectivity index (χ1v) is 5.90. The van der Waals surface area contributed by atoms with Crippen molar-refractivity contribution < 1.29 is 0 Å². The summed E-state index contributed by atoms with van der Waals surface area (Å²) in [6, 6.07) is 4.77. The van der Waals surface area contributed by atoms with Gasteiger partial charge in [0.05, 0.1) is 0 Å². The van der Waals surface area contributed by atoms with Gasteiger partial charge in [0.2, 0.25) is 0 Å². The standard InChI is InChI=1S/C12H19NS/c1-9(2)8-13-12(10(3)4)11-6-5-7-14-11/h5-7,10,12-13H,1,8H2,2-4H3. The van der Waals surface area contributed by atoms with Gasteiger partial charge in [-0.25, -0.2) is 0 Å². The zero-order valence-electron chi connectivity index (χ0n) is 9.21. The maximum Gasteiger partial charge on any atom is 0.0440 e. The Bertz CT molecular complexity index is 275. The van der Waals surface area contributed by atoms with E-state index in [4.69, 9.17) is 0 Å². The highest BCUT2D eigenvalue weighted by Gasteiger charge is 2.15. The fourth-order valence-corrected chi connectivity index (χ4v) is 2.39. The van der Waals surface area contributed by atoms with E-state index in [0.29, 0.717) is 12.0 Å². The van der Waals surface area contributed by atoms with Crippen LogP contribution in [0.1, 0.15) is 31.7 Å². The molecule has 1 aromatic heterocycles. The zero-order valence-corrected chi connectivity index (χ0v) is 10.0. The summed E-state index contributed by atoms with van der Waals surface area (Å²) in [4.78, 5) is 1.42. The Labute approximate surface area is 90.9 Å². The molecule has 1 unspecified atom stereocenters. The molecule has 0 saturated carbocycles. The van der Waals surface area contributed by atoms with Gasteiger partial charge in [-0.3, -0.25) is 0 Å². The molecule has 1 rings (SSSR count). The summed E-state index contributed by atoms with van der Waals surface area (Å²) in [6.45, 7) is 11.4. The Morgan fingerprint density at radius 1 is 1.57 bits per heavy atom. The zero-order chi connectivity index (χ0) is 10.6. The van der Waals surface area contributed by atoms with E-state index in [1.54, 1.807) is 0 Å². The molecule has 0 aliphatic carbocycles. The average Bonchev–Trinajstić information content (AvgIpc) is 2.56. The van der Waals surface area contributed by atoms with Gasteiger partial charge in [-0.2, -0.15) is 0 Å². The summed E-state index contributed by atoms with van der Waals surface area (Å²) >= 11 is 1.82. The van der Waals surface area contributed by atoms with Crippen molar-refractivity contribution in [2.24, 2.45) is 5.92 Å². The second-order valence-corrected chi connectivity index (χ2v) is 5.05. The summed E-state index contributed by atoms with van der Waals surface area (Å²) in [5, 5.41) is 5.66. The minimum atomic E-state index is 0.465. The SMILES string of the molecule is C=C(C)CNC(c1cccs1)C(C)C. The molecule has 2 heteroatoms. The first-order chi connectivity index (χ1) is 6.61. The molecule has 0 spiro atoms. The molecule has 14 heavy (non-hydrogen) atoms. The van der Waals surface area contributed by atoms with Gasteiger partial charge in [-0.1, -0.05) is 32.1 Å². The van der Waals surface area contributed by atoms with Crippen LogP contribution < -0.4 is 5.32 Å². The molecule has 1 aromatic rings. The highest BCUT2D eigenvalue weighted by atomic mass is 32.1. The van der Waals surface area contributed by atoms with Gasteiger partial charge in [-0.15, -0.1) is 11.3 Å². The molecule has 1 N–H and O–H groups in total. The van der Waals surface area contributed by atoms with E-state index in [1.165, 1.54) is 10.5 Å². The van der Waals surface area contributed by atoms with Gasteiger partial charge in [0, 0.05) is 17.5 Å². The van der Waals surface area contributed by atoms with Crippen LogP contribution in [0.3, 0.4) is 0 Å². The summed E-state index contributed by atoms with van der Waals surface area (Å²) in [6.07, 6.45) is 0. The van der Waals surface area contributed by atoms with Crippen LogP contribution in [0, 0.1) is 5.92 Å². The van der Waals surface area contributed by atoms with Crippen LogP contribution in [-0.2, 0) is 0 Å². The largest absolute Gasteiger partial charge is 0.305 e. The number of hydrogen-bond donors (Lipinski definition) is 1. The Hall–Kier alpha value is -0.600. The van der Waals surface area contributed by atoms with Crippen molar-refractivity contribution >= 4 is 11.3 Å². The van der Waals surface area contributed by atoms with Crippen molar-refractivity contribution in [3.63, 3.8) is 0 Å². The molecule has 0 aliphatic heterocycles. The molecular weight excluding hydrogens is 190 g/mol. The van der Waals surface area contributed by atoms with Gasteiger partial charge in [0.25, 0.3) is 0 Å². The molecule has 0 aliphatic rings. The van der Waals surface area contributed by atoms with E-state index in [0.717, 1.165) is 6.54 Å². The summed E-state index contributed by atoms with van der Waals surface area (Å²) < 4.78 is 0. The topological polar surface area (TPSA) is 12.0 Å². The van der Waals surface area contributed by atoms with Gasteiger partial charge in [0.1, 0.15) is 0 Å². The molecule has 1 atom stereocenters. The highest BCUT2D eigenvalue weighted by molar-refractivity contribution is 7.10. The minimum absolute atomic E-state index is 0.465. The van der Waals surface area contributed by atoms with Gasteiger partial charge in [-0.05, 0) is 24.3 Å². The summed E-state index contributed by atoms with van der Waals surface area (Å²) in [7, 11) is 0. The van der Waals surface area contributed by atoms with Crippen LogP contribution in [0.5, 0.6) is 0 Å². The van der Waals surface area contributed by atoms with E-state index in [1.807, 2.05) is 11.3 Å². The second kappa shape index (κ2) is 5.32. The van der Waals surface area contributed by atoms with E-state index in [2.05, 4.69) is 50.2 Å². The summed E-state index contributed by atoms with van der Waals surface area (Å²) in [5.74, 6) is 0.619. The minimum Gasteiger partial charge on any atom is -0.305 e. The van der Waals surface area contributed by atoms with E-state index in [-0.39, 0.29) is 0 Å². The lowest BCUT2D eigenvalue weighted by Crippen LogP contribution is -2.26. The van der Waals surface area contributed by atoms with Crippen LogP contribution in [0.25, 0.3) is 0 Å². The molecule has 0 bridgehead atoms. The molecule has 0 aromatic carbocycles. The van der Waals surface area contributed by atoms with Gasteiger partial charge < -0.3 is 5.32 Å². The third-order valence-corrected chi connectivity index (χ3v) is 3.10. The quantitative estimate of drug-likeness (QED) is 0.730. The molecule has 1 heterocycles. The van der Waals surface area contributed by atoms with Crippen LogP contribution in [0.15, 0.2) is 29.7 Å². The predicted octanol–water partition coefficient (Wildman–Crippen LogP) is 3.61. The van der Waals surface area contributed by atoms with Crippen molar-refractivity contribution in [2.45, 2.75) is 26.8 Å². The first-order valence-electron chi connectivity index (χ1n) is 5.02. The molecule has 0 amide bonds. The molecule has 1 nitrogen and oxygen atoms in total. The Morgan fingerprint density at radius 2 is 2.29 bits per heavy atom. The lowest BCUT2D eigenvalue weighted by molar-refractivity contribution is 0.432. The van der Waals surface area contributed by atoms with Crippen molar-refractivity contribution in [1.82, 2.24) is 5.32 Å². The third kappa shape index (κ3) is 3.28. The number of nitrogens with one attached hydrogen (secondary N) is 1. The number of thiophene rings is 1. The fraction of sp³-hybridized carbons (Fsp3) is 0.500. The van der Waals surface area contributed by atoms with E-state index < -0.39 is 0 Å². The van der Waals surface area contributed by atoms with E-state index >= 15 is 0 Å². The van der Waals surface area contributed by atoms with Crippen molar-refractivity contribution in [3.05, 3.63) is 34.5 Å². The molecule has 78 valence electrons. The maximum absolute atomic E-state index is 3.91. The molecule has 0 fully saturated rings. The highest BCUT2D eigenvalue weighted by Crippen LogP contribution is 2.25. The number of rotatable bonds is 5. The van der Waals surface area contributed by atoms with Gasteiger partial charge >= 0.3 is 0 Å². The maximum atomic E-state index is 3.91. The first kappa shape index (κ1) is 11.5. The lowest BCUT2D eigenvalue weighted by Gasteiger charge is -2.21. The Morgan fingerprint density at radius 3 is 2.71 bits per heavy atom. The predicted molar refractivity (Wildman–Crippen MR) is 64.7 cm³/mol. The van der Waals surface area contributed by atoms with Crippen molar-refractivity contribution in [3.8, 4) is 0 Å². The monoisotopic (exact) mass is 209 g/mol. The Balaban J connectivity index is 2.61. The molecule has 0 radical (unpaired) electrons.